The summed E-state index contributed by atoms with van der Waals surface area (Å²) >= 11 is 6.23. The maximum Gasteiger partial charge on any atom is 0.179 e. The Balaban J connectivity index is 3.34. The van der Waals surface area contributed by atoms with Gasteiger partial charge in [-0.2, -0.15) is 5.26 Å². The molecule has 0 aliphatic heterocycles. The van der Waals surface area contributed by atoms with Crippen LogP contribution in [0.25, 0.3) is 0 Å². The first-order chi connectivity index (χ1) is 8.95. The van der Waals surface area contributed by atoms with Crippen molar-refractivity contribution in [2.75, 3.05) is 14.2 Å². The van der Waals surface area contributed by atoms with E-state index >= 15 is 0 Å². The summed E-state index contributed by atoms with van der Waals surface area (Å²) in [5.74, 6) is 0.843. The van der Waals surface area contributed by atoms with E-state index in [2.05, 4.69) is 6.07 Å². The molecule has 5 heteroatoms. The molecule has 0 spiro atoms. The number of aliphatic hydroxyl groups is 1. The van der Waals surface area contributed by atoms with Crippen LogP contribution in [0.5, 0.6) is 11.5 Å². The van der Waals surface area contributed by atoms with Crippen molar-refractivity contribution in [2.24, 2.45) is 5.41 Å². The number of halogens is 1. The molecule has 0 amide bonds. The van der Waals surface area contributed by atoms with Gasteiger partial charge in [-0.3, -0.25) is 0 Å². The first-order valence-electron chi connectivity index (χ1n) is 5.94. The quantitative estimate of drug-likeness (QED) is 0.900. The normalized spacial score (nSPS) is 15.2. The summed E-state index contributed by atoms with van der Waals surface area (Å²) in [6, 6.07) is 5.45. The molecule has 0 aromatic heterocycles. The van der Waals surface area contributed by atoms with Crippen LogP contribution in [-0.4, -0.2) is 19.3 Å². The molecule has 0 radical (unpaired) electrons. The van der Waals surface area contributed by atoms with Crippen molar-refractivity contribution < 1.29 is 14.6 Å². The molecular weight excluding hydrogens is 266 g/mol. The molecule has 0 saturated heterocycles. The molecule has 0 aliphatic rings. The van der Waals surface area contributed by atoms with E-state index in [4.69, 9.17) is 21.1 Å². The highest BCUT2D eigenvalue weighted by Crippen LogP contribution is 2.44. The Hall–Kier alpha value is -1.44. The summed E-state index contributed by atoms with van der Waals surface area (Å²) in [7, 11) is 2.99. The number of benzene rings is 1. The first-order valence-corrected chi connectivity index (χ1v) is 6.32. The van der Waals surface area contributed by atoms with Gasteiger partial charge in [0.25, 0.3) is 0 Å². The fourth-order valence-electron chi connectivity index (χ4n) is 1.79. The minimum Gasteiger partial charge on any atom is -0.493 e. The Morgan fingerprint density at radius 2 is 2.05 bits per heavy atom. The lowest BCUT2D eigenvalue weighted by molar-refractivity contribution is 0.0720. The van der Waals surface area contributed by atoms with Gasteiger partial charge in [0.05, 0.1) is 36.8 Å². The van der Waals surface area contributed by atoms with Gasteiger partial charge in [0.15, 0.2) is 11.5 Å². The van der Waals surface area contributed by atoms with Crippen LogP contribution in [0, 0.1) is 16.7 Å². The Morgan fingerprint density at radius 3 is 2.47 bits per heavy atom. The molecule has 2 unspecified atom stereocenters. The molecule has 1 aromatic rings. The zero-order valence-electron chi connectivity index (χ0n) is 11.5. The Bertz CT molecular complexity index is 498. The van der Waals surface area contributed by atoms with E-state index in [0.717, 1.165) is 0 Å². The lowest BCUT2D eigenvalue weighted by Gasteiger charge is -2.27. The molecule has 0 heterocycles. The fraction of sp³-hybridized carbons (Fsp3) is 0.500. The van der Waals surface area contributed by atoms with E-state index in [1.807, 2.05) is 6.92 Å². The summed E-state index contributed by atoms with van der Waals surface area (Å²) in [5.41, 5.74) is -0.436. The Labute approximate surface area is 118 Å². The van der Waals surface area contributed by atoms with Crippen molar-refractivity contribution >= 4 is 11.6 Å². The number of aliphatic hydroxyl groups excluding tert-OH is 1. The standard InChI is InChI=1S/C14H18ClNO3/c1-5-14(2,8-16)13(17)9-6-7-10(18-3)12(19-4)11(9)15/h6-7,13,17H,5H2,1-4H3. The van der Waals surface area contributed by atoms with E-state index in [0.29, 0.717) is 23.5 Å². The third-order valence-electron chi connectivity index (χ3n) is 3.40. The summed E-state index contributed by atoms with van der Waals surface area (Å²) < 4.78 is 10.3. The van der Waals surface area contributed by atoms with Gasteiger partial charge in [-0.05, 0) is 19.4 Å². The van der Waals surface area contributed by atoms with Crippen molar-refractivity contribution in [3.05, 3.63) is 22.7 Å². The summed E-state index contributed by atoms with van der Waals surface area (Å²) in [4.78, 5) is 0. The van der Waals surface area contributed by atoms with Crippen LogP contribution in [0.3, 0.4) is 0 Å². The van der Waals surface area contributed by atoms with E-state index in [-0.39, 0.29) is 5.02 Å². The smallest absolute Gasteiger partial charge is 0.179 e. The molecule has 19 heavy (non-hydrogen) atoms. The SMILES string of the molecule is CCC(C)(C#N)C(O)c1ccc(OC)c(OC)c1Cl. The zero-order chi connectivity index (χ0) is 14.6. The van der Waals surface area contributed by atoms with Crippen molar-refractivity contribution in [2.45, 2.75) is 26.4 Å². The predicted octanol–water partition coefficient (Wildman–Crippen LogP) is 3.33. The summed E-state index contributed by atoms with van der Waals surface area (Å²) in [6.45, 7) is 3.55. The van der Waals surface area contributed by atoms with Crippen molar-refractivity contribution in [1.29, 1.82) is 5.26 Å². The largest absolute Gasteiger partial charge is 0.493 e. The van der Waals surface area contributed by atoms with Crippen LogP contribution in [0.4, 0.5) is 0 Å². The van der Waals surface area contributed by atoms with Crippen molar-refractivity contribution in [1.82, 2.24) is 0 Å². The first kappa shape index (κ1) is 15.6. The molecule has 0 bridgehead atoms. The molecule has 1 N–H and O–H groups in total. The third kappa shape index (κ3) is 2.78. The monoisotopic (exact) mass is 283 g/mol. The molecule has 0 saturated carbocycles. The predicted molar refractivity (Wildman–Crippen MR) is 73.5 cm³/mol. The van der Waals surface area contributed by atoms with Crippen molar-refractivity contribution in [3.8, 4) is 17.6 Å². The summed E-state index contributed by atoms with van der Waals surface area (Å²) in [5, 5.41) is 19.9. The van der Waals surface area contributed by atoms with E-state index < -0.39 is 11.5 Å². The second-order valence-corrected chi connectivity index (χ2v) is 4.87. The van der Waals surface area contributed by atoms with Gasteiger partial charge >= 0.3 is 0 Å². The number of ether oxygens (including phenoxy) is 2. The summed E-state index contributed by atoms with van der Waals surface area (Å²) in [6.07, 6.45) is -0.482. The topological polar surface area (TPSA) is 62.5 Å². The number of hydrogen-bond donors (Lipinski definition) is 1. The molecule has 104 valence electrons. The Kier molecular flexibility index (Phi) is 5.04. The third-order valence-corrected chi connectivity index (χ3v) is 3.79. The highest BCUT2D eigenvalue weighted by molar-refractivity contribution is 6.33. The lowest BCUT2D eigenvalue weighted by Crippen LogP contribution is -2.23. The average Bonchev–Trinajstić information content (AvgIpc) is 2.45. The Morgan fingerprint density at radius 1 is 1.42 bits per heavy atom. The maximum atomic E-state index is 10.4. The van der Waals surface area contributed by atoms with Crippen LogP contribution in [0.1, 0.15) is 31.9 Å². The maximum absolute atomic E-state index is 10.4. The second kappa shape index (κ2) is 6.14. The minimum absolute atomic E-state index is 0.268. The van der Waals surface area contributed by atoms with E-state index in [1.165, 1.54) is 14.2 Å². The van der Waals surface area contributed by atoms with Gasteiger partial charge in [0, 0.05) is 5.56 Å². The number of nitrogens with zero attached hydrogens (tertiary/aromatic N) is 1. The van der Waals surface area contributed by atoms with Gasteiger partial charge in [-0.1, -0.05) is 24.6 Å². The number of rotatable bonds is 5. The van der Waals surface area contributed by atoms with Crippen LogP contribution in [0.2, 0.25) is 5.02 Å². The van der Waals surface area contributed by atoms with Gasteiger partial charge in [0.1, 0.15) is 0 Å². The van der Waals surface area contributed by atoms with E-state index in [1.54, 1.807) is 19.1 Å². The van der Waals surface area contributed by atoms with Crippen LogP contribution < -0.4 is 9.47 Å². The van der Waals surface area contributed by atoms with Gasteiger partial charge in [-0.15, -0.1) is 0 Å². The molecule has 2 atom stereocenters. The number of hydrogen-bond acceptors (Lipinski definition) is 4. The number of methoxy groups -OCH3 is 2. The fourth-order valence-corrected chi connectivity index (χ4v) is 2.13. The van der Waals surface area contributed by atoms with Gasteiger partial charge in [-0.25, -0.2) is 0 Å². The van der Waals surface area contributed by atoms with Gasteiger partial charge < -0.3 is 14.6 Å². The number of nitriles is 1. The minimum atomic E-state index is -0.991. The molecular formula is C14H18ClNO3. The van der Waals surface area contributed by atoms with Crippen LogP contribution >= 0.6 is 11.6 Å². The zero-order valence-corrected chi connectivity index (χ0v) is 12.3. The second-order valence-electron chi connectivity index (χ2n) is 4.49. The molecule has 0 aliphatic carbocycles. The molecule has 0 fully saturated rings. The molecule has 4 nitrogen and oxygen atoms in total. The molecule has 1 aromatic carbocycles. The lowest BCUT2D eigenvalue weighted by atomic mass is 9.80. The highest BCUT2D eigenvalue weighted by atomic mass is 35.5. The highest BCUT2D eigenvalue weighted by Gasteiger charge is 2.34. The van der Waals surface area contributed by atoms with Crippen LogP contribution in [0.15, 0.2) is 12.1 Å². The molecule has 1 rings (SSSR count). The van der Waals surface area contributed by atoms with E-state index in [9.17, 15) is 10.4 Å². The average molecular weight is 284 g/mol. The van der Waals surface area contributed by atoms with Gasteiger partial charge in [0.2, 0.25) is 0 Å². The van der Waals surface area contributed by atoms with Crippen LogP contribution in [-0.2, 0) is 0 Å². The van der Waals surface area contributed by atoms with Crippen molar-refractivity contribution in [3.63, 3.8) is 0 Å².